The fourth-order valence-corrected chi connectivity index (χ4v) is 3.86. The summed E-state index contributed by atoms with van der Waals surface area (Å²) in [6, 6.07) is 4.36. The summed E-state index contributed by atoms with van der Waals surface area (Å²) in [6.07, 6.45) is -7.95. The minimum Gasteiger partial charge on any atom is -0.496 e. The van der Waals surface area contributed by atoms with Crippen molar-refractivity contribution in [2.45, 2.75) is 31.6 Å². The van der Waals surface area contributed by atoms with E-state index in [0.717, 1.165) is 12.1 Å². The van der Waals surface area contributed by atoms with Crippen LogP contribution in [0.25, 0.3) is 0 Å². The topological polar surface area (TPSA) is 67.3 Å². The van der Waals surface area contributed by atoms with Crippen LogP contribution in [0.5, 0.6) is 5.75 Å². The minimum atomic E-state index is -4.76. The molecule has 1 aromatic carbocycles. The summed E-state index contributed by atoms with van der Waals surface area (Å²) >= 11 is 5.73. The summed E-state index contributed by atoms with van der Waals surface area (Å²) in [5, 5.41) is 2.38. The zero-order valence-corrected chi connectivity index (χ0v) is 18.7. The first kappa shape index (κ1) is 25.9. The Hall–Kier alpha value is -2.76. The number of nitrogens with one attached hydrogen (secondary N) is 1. The number of hydrogen-bond acceptors (Lipinski definition) is 5. The van der Waals surface area contributed by atoms with Gasteiger partial charge >= 0.3 is 12.4 Å². The van der Waals surface area contributed by atoms with Crippen molar-refractivity contribution >= 4 is 23.3 Å². The SMILES string of the molecule is COc1cc(C(F)(F)F)ccc1CCNC(=O)[C@@H]1CCCN(c2cc(Cl)nc(C(F)(F)F)n2)C1. The lowest BCUT2D eigenvalue weighted by atomic mass is 9.97. The molecular formula is C21H21ClF6N4O2. The van der Waals surface area contributed by atoms with Crippen LogP contribution in [0, 0.1) is 5.92 Å². The molecule has 3 rings (SSSR count). The number of anilines is 1. The lowest BCUT2D eigenvalue weighted by molar-refractivity contribution is -0.145. The number of alkyl halides is 6. The normalized spacial score (nSPS) is 16.9. The van der Waals surface area contributed by atoms with Crippen LogP contribution in [0.4, 0.5) is 32.2 Å². The molecule has 1 aromatic heterocycles. The van der Waals surface area contributed by atoms with Crippen LogP contribution in [0.2, 0.25) is 5.15 Å². The number of carbonyl (C=O) groups excluding carboxylic acids is 1. The molecule has 0 radical (unpaired) electrons. The summed E-state index contributed by atoms with van der Waals surface area (Å²) in [6.45, 7) is 0.686. The van der Waals surface area contributed by atoms with Crippen molar-refractivity contribution in [1.82, 2.24) is 15.3 Å². The van der Waals surface area contributed by atoms with Crippen molar-refractivity contribution < 1.29 is 35.9 Å². The predicted octanol–water partition coefficient (Wildman–Crippen LogP) is 4.75. The van der Waals surface area contributed by atoms with E-state index >= 15 is 0 Å². The molecule has 1 fully saturated rings. The number of halogens is 7. The van der Waals surface area contributed by atoms with E-state index in [9.17, 15) is 31.1 Å². The van der Waals surface area contributed by atoms with Gasteiger partial charge < -0.3 is 15.0 Å². The summed E-state index contributed by atoms with van der Waals surface area (Å²) in [5.41, 5.74) is -0.339. The zero-order valence-electron chi connectivity index (χ0n) is 17.9. The average molecular weight is 511 g/mol. The number of piperidine rings is 1. The largest absolute Gasteiger partial charge is 0.496 e. The molecular weight excluding hydrogens is 490 g/mol. The van der Waals surface area contributed by atoms with Crippen LogP contribution in [-0.4, -0.2) is 42.6 Å². The molecule has 0 spiro atoms. The first-order chi connectivity index (χ1) is 15.9. The van der Waals surface area contributed by atoms with Gasteiger partial charge in [-0.3, -0.25) is 4.79 Å². The van der Waals surface area contributed by atoms with Gasteiger partial charge in [-0.2, -0.15) is 26.3 Å². The fraction of sp³-hybridized carbons (Fsp3) is 0.476. The van der Waals surface area contributed by atoms with E-state index in [2.05, 4.69) is 15.3 Å². The molecule has 34 heavy (non-hydrogen) atoms. The van der Waals surface area contributed by atoms with Gasteiger partial charge in [0.1, 0.15) is 16.7 Å². The van der Waals surface area contributed by atoms with Gasteiger partial charge in [0.25, 0.3) is 0 Å². The van der Waals surface area contributed by atoms with Gasteiger partial charge in [-0.05, 0) is 37.0 Å². The molecule has 13 heteroatoms. The Morgan fingerprint density at radius 1 is 1.18 bits per heavy atom. The van der Waals surface area contributed by atoms with Crippen molar-refractivity contribution in [2.75, 3.05) is 31.6 Å². The van der Waals surface area contributed by atoms with Crippen molar-refractivity contribution in [2.24, 2.45) is 5.92 Å². The molecule has 186 valence electrons. The second-order valence-corrected chi connectivity index (χ2v) is 8.11. The zero-order chi connectivity index (χ0) is 25.1. The van der Waals surface area contributed by atoms with Crippen molar-refractivity contribution in [1.29, 1.82) is 0 Å². The van der Waals surface area contributed by atoms with E-state index in [4.69, 9.17) is 16.3 Å². The molecule has 0 unspecified atom stereocenters. The number of aromatic nitrogens is 2. The van der Waals surface area contributed by atoms with Gasteiger partial charge in [0, 0.05) is 25.7 Å². The quantitative estimate of drug-likeness (QED) is 0.449. The molecule has 0 aliphatic carbocycles. The lowest BCUT2D eigenvalue weighted by Crippen LogP contribution is -2.44. The lowest BCUT2D eigenvalue weighted by Gasteiger charge is -2.33. The second kappa shape index (κ2) is 10.2. The second-order valence-electron chi connectivity index (χ2n) is 7.72. The number of nitrogens with zero attached hydrogens (tertiary/aromatic N) is 3. The Bertz CT molecular complexity index is 1030. The Morgan fingerprint density at radius 2 is 1.91 bits per heavy atom. The summed E-state index contributed by atoms with van der Waals surface area (Å²) in [5.74, 6) is -2.13. The van der Waals surface area contributed by atoms with E-state index < -0.39 is 29.7 Å². The van der Waals surface area contributed by atoms with Crippen LogP contribution in [0.3, 0.4) is 0 Å². The number of ether oxygens (including phenoxy) is 1. The highest BCUT2D eigenvalue weighted by Crippen LogP contribution is 2.33. The van der Waals surface area contributed by atoms with E-state index in [-0.39, 0.29) is 42.1 Å². The molecule has 0 saturated carbocycles. The van der Waals surface area contributed by atoms with Gasteiger partial charge in [0.15, 0.2) is 0 Å². The summed E-state index contributed by atoms with van der Waals surface area (Å²) < 4.78 is 82.7. The van der Waals surface area contributed by atoms with Gasteiger partial charge in [-0.1, -0.05) is 17.7 Å². The van der Waals surface area contributed by atoms with E-state index in [0.29, 0.717) is 24.9 Å². The van der Waals surface area contributed by atoms with Crippen LogP contribution < -0.4 is 15.0 Å². The van der Waals surface area contributed by atoms with Crippen LogP contribution >= 0.6 is 11.6 Å². The highest BCUT2D eigenvalue weighted by molar-refractivity contribution is 6.29. The number of benzene rings is 1. The Labute approximate surface area is 196 Å². The average Bonchev–Trinajstić information content (AvgIpc) is 2.77. The maximum Gasteiger partial charge on any atom is 0.451 e. The highest BCUT2D eigenvalue weighted by Gasteiger charge is 2.36. The smallest absolute Gasteiger partial charge is 0.451 e. The van der Waals surface area contributed by atoms with E-state index in [1.54, 1.807) is 4.90 Å². The van der Waals surface area contributed by atoms with Gasteiger partial charge in [-0.25, -0.2) is 9.97 Å². The third-order valence-corrected chi connectivity index (χ3v) is 5.55. The highest BCUT2D eigenvalue weighted by atomic mass is 35.5. The molecule has 1 atom stereocenters. The first-order valence-corrected chi connectivity index (χ1v) is 10.6. The third-order valence-electron chi connectivity index (χ3n) is 5.36. The van der Waals surface area contributed by atoms with E-state index in [1.807, 2.05) is 0 Å². The molecule has 2 heterocycles. The van der Waals surface area contributed by atoms with Gasteiger partial charge in [-0.15, -0.1) is 0 Å². The molecule has 1 aliphatic rings. The Morgan fingerprint density at radius 3 is 2.56 bits per heavy atom. The van der Waals surface area contributed by atoms with Crippen LogP contribution in [0.1, 0.15) is 29.8 Å². The van der Waals surface area contributed by atoms with Crippen molar-refractivity contribution in [3.05, 3.63) is 46.4 Å². The molecule has 1 amide bonds. The number of rotatable bonds is 6. The van der Waals surface area contributed by atoms with E-state index in [1.165, 1.54) is 19.2 Å². The van der Waals surface area contributed by atoms with Gasteiger partial charge in [0.05, 0.1) is 18.6 Å². The van der Waals surface area contributed by atoms with Gasteiger partial charge in [0.2, 0.25) is 11.7 Å². The number of hydrogen-bond donors (Lipinski definition) is 1. The Kier molecular flexibility index (Phi) is 7.79. The maximum atomic E-state index is 13.0. The molecule has 6 nitrogen and oxygen atoms in total. The third kappa shape index (κ3) is 6.43. The number of amides is 1. The molecule has 1 N–H and O–H groups in total. The molecule has 2 aromatic rings. The fourth-order valence-electron chi connectivity index (χ4n) is 3.69. The first-order valence-electron chi connectivity index (χ1n) is 10.3. The van der Waals surface area contributed by atoms with Crippen LogP contribution in [0.15, 0.2) is 24.3 Å². The molecule has 1 aliphatic heterocycles. The van der Waals surface area contributed by atoms with Crippen molar-refractivity contribution in [3.63, 3.8) is 0 Å². The van der Waals surface area contributed by atoms with Crippen molar-refractivity contribution in [3.8, 4) is 5.75 Å². The minimum absolute atomic E-state index is 0.0145. The number of methoxy groups -OCH3 is 1. The summed E-state index contributed by atoms with van der Waals surface area (Å²) in [7, 11) is 1.26. The Balaban J connectivity index is 1.61. The number of carbonyl (C=O) groups is 1. The molecule has 1 saturated heterocycles. The monoisotopic (exact) mass is 510 g/mol. The maximum absolute atomic E-state index is 13.0. The standard InChI is InChI=1S/C21H21ClF6N4O2/c1-34-15-9-14(20(23,24)25)5-4-12(15)6-7-29-18(33)13-3-2-8-32(11-13)17-10-16(22)30-19(31-17)21(26,27)28/h4-5,9-10,13H,2-3,6-8,11H2,1H3,(H,29,33)/t13-/m1/s1. The molecule has 0 bridgehead atoms. The van der Waals surface area contributed by atoms with Crippen LogP contribution in [-0.2, 0) is 23.6 Å². The predicted molar refractivity (Wildman–Crippen MR) is 112 cm³/mol. The summed E-state index contributed by atoms with van der Waals surface area (Å²) in [4.78, 5) is 20.9.